The van der Waals surface area contributed by atoms with Crippen molar-refractivity contribution in [1.29, 1.82) is 0 Å². The van der Waals surface area contributed by atoms with Crippen molar-refractivity contribution in [3.8, 4) is 0 Å². The van der Waals surface area contributed by atoms with E-state index in [1.165, 1.54) is 12.1 Å². The van der Waals surface area contributed by atoms with Crippen molar-refractivity contribution in [3.63, 3.8) is 0 Å². The molecule has 3 rings (SSSR count). The first-order valence-corrected chi connectivity index (χ1v) is 7.58. The Hall–Kier alpha value is -2.92. The lowest BCUT2D eigenvalue weighted by atomic mass is 10.0. The van der Waals surface area contributed by atoms with Crippen molar-refractivity contribution in [1.82, 2.24) is 5.32 Å². The van der Waals surface area contributed by atoms with Gasteiger partial charge in [0.1, 0.15) is 5.57 Å². The molecule has 1 aliphatic rings. The third-order valence-electron chi connectivity index (χ3n) is 3.66. The molecular formula is C18H13ClN2O3. The monoisotopic (exact) mass is 340 g/mol. The Balaban J connectivity index is 2.05. The number of carbonyl (C=O) groups excluding carboxylic acids is 3. The van der Waals surface area contributed by atoms with E-state index in [9.17, 15) is 14.4 Å². The summed E-state index contributed by atoms with van der Waals surface area (Å²) in [6, 6.07) is 12.9. The molecule has 120 valence electrons. The van der Waals surface area contributed by atoms with Crippen LogP contribution in [-0.4, -0.2) is 17.8 Å². The molecule has 0 bridgehead atoms. The van der Waals surface area contributed by atoms with Crippen LogP contribution in [0.1, 0.15) is 11.1 Å². The molecule has 24 heavy (non-hydrogen) atoms. The van der Waals surface area contributed by atoms with Gasteiger partial charge in [-0.05, 0) is 42.3 Å². The lowest BCUT2D eigenvalue weighted by Crippen LogP contribution is -2.54. The molecule has 0 saturated carbocycles. The molecule has 1 aliphatic heterocycles. The van der Waals surface area contributed by atoms with E-state index >= 15 is 0 Å². The zero-order valence-electron chi connectivity index (χ0n) is 12.7. The number of imide groups is 2. The maximum Gasteiger partial charge on any atom is 0.335 e. The first-order valence-electron chi connectivity index (χ1n) is 7.20. The number of carbonyl (C=O) groups is 3. The smallest absolute Gasteiger partial charge is 0.273 e. The van der Waals surface area contributed by atoms with Gasteiger partial charge in [-0.2, -0.15) is 0 Å². The second-order valence-corrected chi connectivity index (χ2v) is 5.73. The van der Waals surface area contributed by atoms with Gasteiger partial charge < -0.3 is 0 Å². The van der Waals surface area contributed by atoms with E-state index in [-0.39, 0.29) is 5.57 Å². The number of urea groups is 1. The predicted molar refractivity (Wildman–Crippen MR) is 91.6 cm³/mol. The largest absolute Gasteiger partial charge is 0.335 e. The highest BCUT2D eigenvalue weighted by molar-refractivity contribution is 6.39. The summed E-state index contributed by atoms with van der Waals surface area (Å²) in [7, 11) is 0. The second kappa shape index (κ2) is 6.29. The molecule has 0 atom stereocenters. The fraction of sp³-hybridized carbons (Fsp3) is 0.0556. The fourth-order valence-electron chi connectivity index (χ4n) is 2.41. The molecule has 4 amide bonds. The molecular weight excluding hydrogens is 328 g/mol. The number of anilines is 1. The van der Waals surface area contributed by atoms with Crippen LogP contribution in [0, 0.1) is 6.92 Å². The van der Waals surface area contributed by atoms with Crippen LogP contribution in [0.5, 0.6) is 0 Å². The van der Waals surface area contributed by atoms with Crippen LogP contribution in [-0.2, 0) is 9.59 Å². The third kappa shape index (κ3) is 2.94. The number of amides is 4. The Morgan fingerprint density at radius 3 is 2.50 bits per heavy atom. The molecule has 0 radical (unpaired) electrons. The van der Waals surface area contributed by atoms with Crippen LogP contribution >= 0.6 is 11.6 Å². The Labute approximate surface area is 143 Å². The van der Waals surface area contributed by atoms with Crippen molar-refractivity contribution >= 4 is 41.2 Å². The number of halogens is 1. The summed E-state index contributed by atoms with van der Waals surface area (Å²) in [5.41, 5.74) is 1.84. The minimum atomic E-state index is -0.797. The van der Waals surface area contributed by atoms with E-state index in [2.05, 4.69) is 5.32 Å². The van der Waals surface area contributed by atoms with E-state index < -0.39 is 17.8 Å². The van der Waals surface area contributed by atoms with Gasteiger partial charge in [0.05, 0.1) is 5.69 Å². The number of hydrogen-bond acceptors (Lipinski definition) is 3. The van der Waals surface area contributed by atoms with Gasteiger partial charge >= 0.3 is 6.03 Å². The van der Waals surface area contributed by atoms with Crippen molar-refractivity contribution in [2.24, 2.45) is 0 Å². The summed E-state index contributed by atoms with van der Waals surface area (Å²) < 4.78 is 0. The van der Waals surface area contributed by atoms with Gasteiger partial charge in [0.15, 0.2) is 0 Å². The molecule has 1 heterocycles. The summed E-state index contributed by atoms with van der Waals surface area (Å²) in [5.74, 6) is -1.40. The number of barbiturate groups is 1. The van der Waals surface area contributed by atoms with Crippen LogP contribution in [0.25, 0.3) is 6.08 Å². The molecule has 5 nitrogen and oxygen atoms in total. The van der Waals surface area contributed by atoms with Gasteiger partial charge in [-0.25, -0.2) is 9.69 Å². The number of nitrogens with zero attached hydrogens (tertiary/aromatic N) is 1. The van der Waals surface area contributed by atoms with E-state index in [1.54, 1.807) is 24.3 Å². The second-order valence-electron chi connectivity index (χ2n) is 5.29. The molecule has 6 heteroatoms. The van der Waals surface area contributed by atoms with E-state index in [0.29, 0.717) is 10.7 Å². The molecule has 1 fully saturated rings. The van der Waals surface area contributed by atoms with Gasteiger partial charge in [0.2, 0.25) is 0 Å². The van der Waals surface area contributed by atoms with Crippen LogP contribution in [0.2, 0.25) is 5.02 Å². The first-order chi connectivity index (χ1) is 11.5. The molecule has 1 saturated heterocycles. The molecule has 2 aromatic rings. The quantitative estimate of drug-likeness (QED) is 0.673. The average Bonchev–Trinajstić information content (AvgIpc) is 2.53. The standard InChI is InChI=1S/C18H13ClN2O3/c1-11-5-2-3-6-12(11)9-15-16(22)20-18(24)21(17(15)23)14-8-4-7-13(19)10-14/h2-10H,1H3,(H,20,22,24)/b15-9+. The summed E-state index contributed by atoms with van der Waals surface area (Å²) in [5, 5.41) is 2.57. The summed E-state index contributed by atoms with van der Waals surface area (Å²) >= 11 is 5.92. The molecule has 2 aromatic carbocycles. The Kier molecular flexibility index (Phi) is 4.18. The Morgan fingerprint density at radius 2 is 1.79 bits per heavy atom. The maximum atomic E-state index is 12.7. The van der Waals surface area contributed by atoms with E-state index in [0.717, 1.165) is 16.0 Å². The van der Waals surface area contributed by atoms with Gasteiger partial charge in [-0.15, -0.1) is 0 Å². The maximum absolute atomic E-state index is 12.7. The topological polar surface area (TPSA) is 66.5 Å². The molecule has 0 aliphatic carbocycles. The summed E-state index contributed by atoms with van der Waals surface area (Å²) in [6.07, 6.45) is 1.48. The van der Waals surface area contributed by atoms with E-state index in [4.69, 9.17) is 11.6 Å². The van der Waals surface area contributed by atoms with Crippen molar-refractivity contribution in [2.45, 2.75) is 6.92 Å². The minimum absolute atomic E-state index is 0.108. The zero-order valence-corrected chi connectivity index (χ0v) is 13.5. The van der Waals surface area contributed by atoms with E-state index in [1.807, 2.05) is 25.1 Å². The Bertz CT molecular complexity index is 889. The van der Waals surface area contributed by atoms with Crippen LogP contribution in [0.3, 0.4) is 0 Å². The number of rotatable bonds is 2. The van der Waals surface area contributed by atoms with Gasteiger partial charge in [-0.3, -0.25) is 14.9 Å². The van der Waals surface area contributed by atoms with Crippen LogP contribution < -0.4 is 10.2 Å². The number of aryl methyl sites for hydroxylation is 1. The molecule has 0 aromatic heterocycles. The number of nitrogens with one attached hydrogen (secondary N) is 1. The normalized spacial score (nSPS) is 16.5. The zero-order chi connectivity index (χ0) is 17.3. The molecule has 0 unspecified atom stereocenters. The highest BCUT2D eigenvalue weighted by Crippen LogP contribution is 2.24. The third-order valence-corrected chi connectivity index (χ3v) is 3.89. The van der Waals surface area contributed by atoms with Gasteiger partial charge in [-0.1, -0.05) is 41.9 Å². The van der Waals surface area contributed by atoms with Gasteiger partial charge in [0.25, 0.3) is 11.8 Å². The van der Waals surface area contributed by atoms with Crippen LogP contribution in [0.4, 0.5) is 10.5 Å². The first kappa shape index (κ1) is 16.0. The van der Waals surface area contributed by atoms with Gasteiger partial charge in [0, 0.05) is 5.02 Å². The lowest BCUT2D eigenvalue weighted by Gasteiger charge is -2.26. The summed E-state index contributed by atoms with van der Waals surface area (Å²) in [6.45, 7) is 1.87. The number of hydrogen-bond donors (Lipinski definition) is 1. The highest BCUT2D eigenvalue weighted by Gasteiger charge is 2.36. The SMILES string of the molecule is Cc1ccccc1/C=C1\C(=O)NC(=O)N(c2cccc(Cl)c2)C1=O. The highest BCUT2D eigenvalue weighted by atomic mass is 35.5. The lowest BCUT2D eigenvalue weighted by molar-refractivity contribution is -0.122. The molecule has 0 spiro atoms. The van der Waals surface area contributed by atoms with Crippen molar-refractivity contribution < 1.29 is 14.4 Å². The fourth-order valence-corrected chi connectivity index (χ4v) is 2.60. The van der Waals surface area contributed by atoms with Crippen LogP contribution in [0.15, 0.2) is 54.1 Å². The number of benzene rings is 2. The predicted octanol–water partition coefficient (Wildman–Crippen LogP) is 3.31. The Morgan fingerprint density at radius 1 is 1.04 bits per heavy atom. The summed E-state index contributed by atoms with van der Waals surface area (Å²) in [4.78, 5) is 37.8. The average molecular weight is 341 g/mol. The molecule has 1 N–H and O–H groups in total. The minimum Gasteiger partial charge on any atom is -0.273 e. The van der Waals surface area contributed by atoms with Crippen molar-refractivity contribution in [3.05, 3.63) is 70.3 Å². The van der Waals surface area contributed by atoms with Crippen molar-refractivity contribution in [2.75, 3.05) is 4.90 Å².